The third kappa shape index (κ3) is 11.8. The maximum absolute atomic E-state index is 9.63. The summed E-state index contributed by atoms with van der Waals surface area (Å²) in [6, 6.07) is 0. The van der Waals surface area contributed by atoms with Gasteiger partial charge in [0.1, 0.15) is 0 Å². The molecule has 4 N–H and O–H groups in total. The summed E-state index contributed by atoms with van der Waals surface area (Å²) in [5.41, 5.74) is 0. The van der Waals surface area contributed by atoms with Crippen molar-refractivity contribution in [1.29, 1.82) is 0 Å². The van der Waals surface area contributed by atoms with Crippen LogP contribution in [0.15, 0.2) is 0 Å². The van der Waals surface area contributed by atoms with Crippen LogP contribution in [-0.2, 0) is 13.4 Å². The van der Waals surface area contributed by atoms with Crippen molar-refractivity contribution < 1.29 is 33.0 Å². The van der Waals surface area contributed by atoms with Gasteiger partial charge in [-0.3, -0.25) is 0 Å². The Morgan fingerprint density at radius 1 is 0.900 bits per heavy atom. The predicted octanol–water partition coefficient (Wildman–Crippen LogP) is -2.00. The van der Waals surface area contributed by atoms with Crippen LogP contribution in [0.1, 0.15) is 0 Å². The molecule has 0 aromatic rings. The van der Waals surface area contributed by atoms with E-state index >= 15 is 0 Å². The van der Waals surface area contributed by atoms with E-state index in [9.17, 15) is 9.13 Å². The number of rotatable bonds is 2. The summed E-state index contributed by atoms with van der Waals surface area (Å²) in [6.45, 7) is 0. The summed E-state index contributed by atoms with van der Waals surface area (Å²) in [7, 11) is -10.1. The van der Waals surface area contributed by atoms with Crippen LogP contribution in [0, 0.1) is 0 Å². The molecule has 0 unspecified atom stereocenters. The van der Waals surface area contributed by atoms with Gasteiger partial charge in [0.25, 0.3) is 0 Å². The topological polar surface area (TPSA) is 124 Å². The van der Waals surface area contributed by atoms with E-state index in [1.807, 2.05) is 0 Å². The van der Waals surface area contributed by atoms with E-state index in [1.54, 1.807) is 0 Å². The zero-order valence-corrected chi connectivity index (χ0v) is 10.4. The fraction of sp³-hybridized carbons (Fsp3) is 0. The monoisotopic (exact) mass is 302 g/mol. The second-order valence-corrected chi connectivity index (χ2v) is 3.68. The number of phosphoric acid groups is 2. The van der Waals surface area contributed by atoms with Crippen LogP contribution < -0.4 is 0 Å². The first-order valence-corrected chi connectivity index (χ1v) is 4.59. The molecule has 0 saturated carbocycles. The molecule has 0 amide bonds. The van der Waals surface area contributed by atoms with E-state index in [2.05, 4.69) is 4.31 Å². The fourth-order valence-corrected chi connectivity index (χ4v) is 1.25. The quantitative estimate of drug-likeness (QED) is 0.344. The van der Waals surface area contributed by atoms with E-state index in [1.165, 1.54) is 0 Å². The minimum atomic E-state index is -5.05. The first-order chi connectivity index (χ1) is 3.71. The Hall–Kier alpha value is 1.08. The Bertz CT molecular complexity index is 152. The first-order valence-electron chi connectivity index (χ1n) is 1.53. The average Bonchev–Trinajstić information content (AvgIpc) is 1.14. The van der Waals surface area contributed by atoms with E-state index in [-0.39, 0.29) is 24.4 Å². The summed E-state index contributed by atoms with van der Waals surface area (Å²) in [5.74, 6) is 0. The Balaban J connectivity index is 0. The molecule has 10 heteroatoms. The van der Waals surface area contributed by atoms with Gasteiger partial charge in [-0.1, -0.05) is 0 Å². The number of hydrogen-bond donors (Lipinski definition) is 4. The van der Waals surface area contributed by atoms with Crippen molar-refractivity contribution in [3.05, 3.63) is 0 Å². The Labute approximate surface area is 73.3 Å². The van der Waals surface area contributed by atoms with Crippen molar-refractivity contribution in [2.45, 2.75) is 0 Å². The normalized spacial score (nSPS) is 12.4. The van der Waals surface area contributed by atoms with Gasteiger partial charge in [-0.05, 0) is 0 Å². The van der Waals surface area contributed by atoms with Gasteiger partial charge in [-0.15, -0.1) is 0 Å². The molecule has 0 saturated heterocycles. The van der Waals surface area contributed by atoms with E-state index in [0.717, 1.165) is 0 Å². The van der Waals surface area contributed by atoms with Crippen molar-refractivity contribution in [3.63, 3.8) is 0 Å². The SMILES string of the molecule is O=P(O)(O)OP(=O)(O)O.[SbH3]. The van der Waals surface area contributed by atoms with Gasteiger partial charge >= 0.3 is 40.1 Å². The summed E-state index contributed by atoms with van der Waals surface area (Å²) in [5, 5.41) is 0. The van der Waals surface area contributed by atoms with Gasteiger partial charge in [-0.25, -0.2) is 9.13 Å². The molecule has 0 aliphatic carbocycles. The fourth-order valence-electron chi connectivity index (χ4n) is 0.139. The molecule has 0 spiro atoms. The van der Waals surface area contributed by atoms with E-state index in [4.69, 9.17) is 19.6 Å². The van der Waals surface area contributed by atoms with Gasteiger partial charge in [0.15, 0.2) is 0 Å². The van der Waals surface area contributed by atoms with Gasteiger partial charge in [-0.2, -0.15) is 4.31 Å². The van der Waals surface area contributed by atoms with Crippen LogP contribution >= 0.6 is 15.6 Å². The standard InChI is InChI=1S/H4O7P2.Sb.3H/c1-8(2,3)7-9(4,5)6;;;;/h(H2,1,2,3)(H2,4,5,6);;;;. The molecular formula is H7O7P2Sb. The van der Waals surface area contributed by atoms with Crippen molar-refractivity contribution in [3.8, 4) is 0 Å². The summed E-state index contributed by atoms with van der Waals surface area (Å²) in [4.78, 5) is 31.0. The van der Waals surface area contributed by atoms with Crippen LogP contribution in [0.4, 0.5) is 0 Å². The van der Waals surface area contributed by atoms with Crippen molar-refractivity contribution in [2.75, 3.05) is 0 Å². The Morgan fingerprint density at radius 3 is 1.10 bits per heavy atom. The summed E-state index contributed by atoms with van der Waals surface area (Å²) in [6.07, 6.45) is 0. The molecular weight excluding hydrogens is 296 g/mol. The molecule has 0 aromatic heterocycles. The molecule has 64 valence electrons. The molecule has 0 aliphatic heterocycles. The van der Waals surface area contributed by atoms with Crippen LogP contribution in [0.5, 0.6) is 0 Å². The zero-order valence-electron chi connectivity index (χ0n) is 4.62. The molecule has 0 bridgehead atoms. The first kappa shape index (κ1) is 13.7. The Morgan fingerprint density at radius 2 is 1.10 bits per heavy atom. The van der Waals surface area contributed by atoms with Gasteiger partial charge in [0.05, 0.1) is 0 Å². The molecule has 7 nitrogen and oxygen atoms in total. The van der Waals surface area contributed by atoms with Crippen LogP contribution in [-0.4, -0.2) is 44.0 Å². The van der Waals surface area contributed by atoms with Gasteiger partial charge < -0.3 is 19.6 Å². The third-order valence-corrected chi connectivity index (χ3v) is 1.91. The number of hydrogen-bond acceptors (Lipinski definition) is 3. The van der Waals surface area contributed by atoms with Crippen LogP contribution in [0.25, 0.3) is 0 Å². The summed E-state index contributed by atoms with van der Waals surface area (Å²) >= 11 is 0. The average molecular weight is 303 g/mol. The van der Waals surface area contributed by atoms with Gasteiger partial charge in [0.2, 0.25) is 0 Å². The van der Waals surface area contributed by atoms with Crippen LogP contribution in [0.3, 0.4) is 0 Å². The zero-order chi connectivity index (χ0) is 7.71. The third-order valence-electron chi connectivity index (χ3n) is 0.213. The maximum atomic E-state index is 9.63. The summed E-state index contributed by atoms with van der Waals surface area (Å²) < 4.78 is 22.2. The molecule has 0 heterocycles. The molecule has 0 aliphatic rings. The van der Waals surface area contributed by atoms with E-state index < -0.39 is 15.6 Å². The molecule has 0 rings (SSSR count). The second-order valence-electron chi connectivity index (χ2n) is 1.06. The van der Waals surface area contributed by atoms with Crippen molar-refractivity contribution >= 4 is 40.1 Å². The molecule has 0 aromatic carbocycles. The van der Waals surface area contributed by atoms with Crippen LogP contribution in [0.2, 0.25) is 0 Å². The molecule has 0 atom stereocenters. The Kier molecular flexibility index (Phi) is 5.72. The van der Waals surface area contributed by atoms with Crippen molar-refractivity contribution in [1.82, 2.24) is 0 Å². The minimum absolute atomic E-state index is 0. The van der Waals surface area contributed by atoms with Crippen molar-refractivity contribution in [2.24, 2.45) is 0 Å². The van der Waals surface area contributed by atoms with Gasteiger partial charge in [0, 0.05) is 0 Å². The van der Waals surface area contributed by atoms with E-state index in [0.29, 0.717) is 0 Å². The predicted molar refractivity (Wildman–Crippen MR) is 35.1 cm³/mol. The molecule has 0 fully saturated rings. The molecule has 0 radical (unpaired) electrons. The molecule has 10 heavy (non-hydrogen) atoms. The second kappa shape index (κ2) is 4.19.